The number of rotatable bonds is 4. The van der Waals surface area contributed by atoms with Gasteiger partial charge >= 0.3 is 5.97 Å². The number of aryl methyl sites for hydroxylation is 1. The van der Waals surface area contributed by atoms with E-state index < -0.39 is 0 Å². The molecule has 7 nitrogen and oxygen atoms in total. The van der Waals surface area contributed by atoms with Gasteiger partial charge in [0.1, 0.15) is 6.61 Å². The summed E-state index contributed by atoms with van der Waals surface area (Å²) in [6.07, 6.45) is 7.25. The third kappa shape index (κ3) is 3.17. The average Bonchev–Trinajstić information content (AvgIpc) is 3.28. The molecule has 0 N–H and O–H groups in total. The normalized spacial score (nSPS) is 17.2. The number of nitrogens with zero attached hydrogens (tertiary/aromatic N) is 5. The van der Waals surface area contributed by atoms with Crippen molar-refractivity contribution >= 4 is 17.3 Å². The van der Waals surface area contributed by atoms with Crippen molar-refractivity contribution < 1.29 is 9.53 Å². The molecule has 3 aromatic heterocycles. The second-order valence-electron chi connectivity index (χ2n) is 6.26. The molecule has 1 fully saturated rings. The zero-order valence-corrected chi connectivity index (χ0v) is 14.0. The maximum absolute atomic E-state index is 12.4. The Morgan fingerprint density at radius 1 is 1.32 bits per heavy atom. The third-order valence-corrected chi connectivity index (χ3v) is 4.51. The molecule has 0 radical (unpaired) electrons. The molecular formula is C18H19N5O2. The average molecular weight is 337 g/mol. The fourth-order valence-corrected chi connectivity index (χ4v) is 3.16. The second-order valence-corrected chi connectivity index (χ2v) is 6.26. The summed E-state index contributed by atoms with van der Waals surface area (Å²) >= 11 is 0. The van der Waals surface area contributed by atoms with Gasteiger partial charge < -0.3 is 14.0 Å². The molecule has 0 bridgehead atoms. The number of carbonyl (C=O) groups excluding carboxylic acids is 1. The van der Waals surface area contributed by atoms with Gasteiger partial charge in [0, 0.05) is 12.7 Å². The predicted octanol–water partition coefficient (Wildman–Crippen LogP) is 2.26. The topological polar surface area (TPSA) is 72.6 Å². The summed E-state index contributed by atoms with van der Waals surface area (Å²) < 4.78 is 7.41. The Bertz CT molecular complexity index is 890. The van der Waals surface area contributed by atoms with Gasteiger partial charge in [-0.25, -0.2) is 9.78 Å². The van der Waals surface area contributed by atoms with Crippen molar-refractivity contribution in [1.82, 2.24) is 19.6 Å². The van der Waals surface area contributed by atoms with Crippen molar-refractivity contribution in [2.75, 3.05) is 18.1 Å². The lowest BCUT2D eigenvalue weighted by molar-refractivity contribution is 0.0482. The number of imidazole rings is 1. The van der Waals surface area contributed by atoms with Crippen molar-refractivity contribution in [3.05, 3.63) is 54.2 Å². The van der Waals surface area contributed by atoms with Crippen molar-refractivity contribution in [2.24, 2.45) is 0 Å². The Balaban J connectivity index is 1.42. The Morgan fingerprint density at radius 2 is 2.24 bits per heavy atom. The molecule has 0 amide bonds. The molecular weight excluding hydrogens is 318 g/mol. The SMILES string of the molecule is Cc1ccc(N2CCC[C@H]2COC(=O)c2ccn3cncc3c2)nn1. The lowest BCUT2D eigenvalue weighted by Gasteiger charge is -2.24. The first-order valence-electron chi connectivity index (χ1n) is 8.36. The van der Waals surface area contributed by atoms with Crippen LogP contribution in [0.4, 0.5) is 5.82 Å². The number of anilines is 1. The zero-order valence-electron chi connectivity index (χ0n) is 14.0. The van der Waals surface area contributed by atoms with E-state index in [1.807, 2.05) is 29.7 Å². The van der Waals surface area contributed by atoms with Gasteiger partial charge in [0.15, 0.2) is 5.82 Å². The van der Waals surface area contributed by atoms with Gasteiger partial charge in [-0.15, -0.1) is 5.10 Å². The van der Waals surface area contributed by atoms with Crippen LogP contribution in [-0.2, 0) is 4.74 Å². The van der Waals surface area contributed by atoms with Gasteiger partial charge in [0.05, 0.1) is 35.3 Å². The molecule has 0 aliphatic carbocycles. The number of aromatic nitrogens is 4. The monoisotopic (exact) mass is 337 g/mol. The van der Waals surface area contributed by atoms with Gasteiger partial charge in [0.25, 0.3) is 0 Å². The lowest BCUT2D eigenvalue weighted by Crippen LogP contribution is -2.34. The summed E-state index contributed by atoms with van der Waals surface area (Å²) in [7, 11) is 0. The summed E-state index contributed by atoms with van der Waals surface area (Å²) in [5.74, 6) is 0.523. The van der Waals surface area contributed by atoms with E-state index in [9.17, 15) is 4.79 Å². The Hall–Kier alpha value is -2.96. The van der Waals surface area contributed by atoms with Crippen LogP contribution in [0.25, 0.3) is 5.52 Å². The minimum absolute atomic E-state index is 0.139. The van der Waals surface area contributed by atoms with Crippen LogP contribution in [0.15, 0.2) is 43.0 Å². The summed E-state index contributed by atoms with van der Waals surface area (Å²) in [5.41, 5.74) is 2.29. The van der Waals surface area contributed by atoms with Gasteiger partial charge in [-0.2, -0.15) is 5.10 Å². The van der Waals surface area contributed by atoms with E-state index in [0.717, 1.165) is 36.4 Å². The first-order valence-corrected chi connectivity index (χ1v) is 8.36. The van der Waals surface area contributed by atoms with Crippen LogP contribution in [0.1, 0.15) is 28.9 Å². The van der Waals surface area contributed by atoms with Crippen LogP contribution < -0.4 is 4.90 Å². The van der Waals surface area contributed by atoms with E-state index >= 15 is 0 Å². The number of carbonyl (C=O) groups is 1. The van der Waals surface area contributed by atoms with Gasteiger partial charge in [-0.1, -0.05) is 0 Å². The van der Waals surface area contributed by atoms with Crippen LogP contribution in [-0.4, -0.2) is 44.7 Å². The predicted molar refractivity (Wildman–Crippen MR) is 92.6 cm³/mol. The zero-order chi connectivity index (χ0) is 17.2. The molecule has 4 heterocycles. The van der Waals surface area contributed by atoms with Gasteiger partial charge in [0.2, 0.25) is 0 Å². The van der Waals surface area contributed by atoms with Gasteiger partial charge in [-0.3, -0.25) is 0 Å². The molecule has 0 aromatic carbocycles. The standard InChI is InChI=1S/C18H19N5O2/c1-13-4-5-17(21-20-13)23-7-2-3-15(23)11-25-18(24)14-6-8-22-12-19-10-16(22)9-14/h4-6,8-10,12,15H,2-3,7,11H2,1H3/t15-/m0/s1. The van der Waals surface area contributed by atoms with E-state index in [2.05, 4.69) is 20.1 Å². The van der Waals surface area contributed by atoms with Crippen molar-refractivity contribution in [3.63, 3.8) is 0 Å². The minimum atomic E-state index is -0.314. The Morgan fingerprint density at radius 3 is 3.08 bits per heavy atom. The highest BCUT2D eigenvalue weighted by Gasteiger charge is 2.27. The van der Waals surface area contributed by atoms with Crippen LogP contribution in [0.3, 0.4) is 0 Å². The van der Waals surface area contributed by atoms with Crippen LogP contribution >= 0.6 is 0 Å². The fourth-order valence-electron chi connectivity index (χ4n) is 3.16. The van der Waals surface area contributed by atoms with Crippen molar-refractivity contribution in [2.45, 2.75) is 25.8 Å². The number of pyridine rings is 1. The van der Waals surface area contributed by atoms with Crippen LogP contribution in [0, 0.1) is 6.92 Å². The smallest absolute Gasteiger partial charge is 0.338 e. The summed E-state index contributed by atoms with van der Waals surface area (Å²) in [5, 5.41) is 8.37. The Labute approximate surface area is 145 Å². The highest BCUT2D eigenvalue weighted by atomic mass is 16.5. The highest BCUT2D eigenvalue weighted by Crippen LogP contribution is 2.23. The molecule has 1 aliphatic heterocycles. The molecule has 128 valence electrons. The number of ether oxygens (including phenoxy) is 1. The van der Waals surface area contributed by atoms with E-state index in [0.29, 0.717) is 12.2 Å². The quantitative estimate of drug-likeness (QED) is 0.680. The maximum atomic E-state index is 12.4. The molecule has 3 aromatic rings. The second kappa shape index (κ2) is 6.51. The highest BCUT2D eigenvalue weighted by molar-refractivity contribution is 5.90. The largest absolute Gasteiger partial charge is 0.460 e. The van der Waals surface area contributed by atoms with E-state index in [1.165, 1.54) is 0 Å². The number of hydrogen-bond acceptors (Lipinski definition) is 6. The lowest BCUT2D eigenvalue weighted by atomic mass is 10.2. The Kier molecular flexibility index (Phi) is 4.05. The number of hydrogen-bond donors (Lipinski definition) is 0. The van der Waals surface area contributed by atoms with Gasteiger partial charge in [-0.05, 0) is 44.0 Å². The number of esters is 1. The van der Waals surface area contributed by atoms with Crippen molar-refractivity contribution in [3.8, 4) is 0 Å². The molecule has 1 aliphatic rings. The molecule has 0 spiro atoms. The first-order chi connectivity index (χ1) is 12.2. The van der Waals surface area contributed by atoms with E-state index in [-0.39, 0.29) is 12.0 Å². The molecule has 4 rings (SSSR count). The summed E-state index contributed by atoms with van der Waals surface area (Å²) in [6, 6.07) is 7.59. The third-order valence-electron chi connectivity index (χ3n) is 4.51. The van der Waals surface area contributed by atoms with Crippen LogP contribution in [0.2, 0.25) is 0 Å². The molecule has 25 heavy (non-hydrogen) atoms. The summed E-state index contributed by atoms with van der Waals surface area (Å²) in [6.45, 7) is 3.16. The van der Waals surface area contributed by atoms with Crippen LogP contribution in [0.5, 0.6) is 0 Å². The van der Waals surface area contributed by atoms with E-state index in [4.69, 9.17) is 4.74 Å². The first kappa shape index (κ1) is 15.6. The fraction of sp³-hybridized carbons (Fsp3) is 0.333. The van der Waals surface area contributed by atoms with E-state index in [1.54, 1.807) is 24.7 Å². The molecule has 7 heteroatoms. The minimum Gasteiger partial charge on any atom is -0.460 e. The molecule has 0 unspecified atom stereocenters. The summed E-state index contributed by atoms with van der Waals surface area (Å²) in [4.78, 5) is 18.6. The maximum Gasteiger partial charge on any atom is 0.338 e. The van der Waals surface area contributed by atoms with Crippen molar-refractivity contribution in [1.29, 1.82) is 0 Å². The number of fused-ring (bicyclic) bond motifs is 1. The molecule has 1 atom stereocenters. The molecule has 0 saturated carbocycles. The molecule has 1 saturated heterocycles.